The van der Waals surface area contributed by atoms with Crippen molar-refractivity contribution in [3.8, 4) is 12.3 Å². The minimum atomic E-state index is 0.127. The van der Waals surface area contributed by atoms with Crippen molar-refractivity contribution in [3.05, 3.63) is 0 Å². The summed E-state index contributed by atoms with van der Waals surface area (Å²) < 4.78 is 0. The van der Waals surface area contributed by atoms with Gasteiger partial charge in [0.25, 0.3) is 0 Å². The highest BCUT2D eigenvalue weighted by atomic mass is 16.2. The maximum absolute atomic E-state index is 11.4. The van der Waals surface area contributed by atoms with Gasteiger partial charge in [0.15, 0.2) is 0 Å². The molecule has 1 aliphatic carbocycles. The molecule has 0 heterocycles. The molecule has 0 atom stereocenters. The van der Waals surface area contributed by atoms with Gasteiger partial charge in [0.05, 0.1) is 13.1 Å². The molecule has 0 aromatic rings. The summed E-state index contributed by atoms with van der Waals surface area (Å²) in [6.07, 6.45) is 7.59. The molecule has 72 valence electrons. The SMILES string of the molecule is C#CCNCC(=O)N(C)CC1CC1. The summed E-state index contributed by atoms with van der Waals surface area (Å²) in [5.74, 6) is 3.31. The first-order chi connectivity index (χ1) is 6.24. The summed E-state index contributed by atoms with van der Waals surface area (Å²) in [6.45, 7) is 1.72. The Labute approximate surface area is 79.5 Å². The van der Waals surface area contributed by atoms with Crippen molar-refractivity contribution in [1.82, 2.24) is 10.2 Å². The van der Waals surface area contributed by atoms with Crippen molar-refractivity contribution in [2.45, 2.75) is 12.8 Å². The molecule has 0 aliphatic heterocycles. The zero-order valence-electron chi connectivity index (χ0n) is 8.05. The molecule has 1 amide bonds. The molecule has 1 saturated carbocycles. The summed E-state index contributed by atoms with van der Waals surface area (Å²) in [5.41, 5.74) is 0. The third-order valence-corrected chi connectivity index (χ3v) is 2.16. The van der Waals surface area contributed by atoms with Gasteiger partial charge in [0.2, 0.25) is 5.91 Å². The van der Waals surface area contributed by atoms with E-state index >= 15 is 0 Å². The third-order valence-electron chi connectivity index (χ3n) is 2.16. The lowest BCUT2D eigenvalue weighted by Crippen LogP contribution is -2.36. The van der Waals surface area contributed by atoms with Crippen LogP contribution in [-0.2, 0) is 4.79 Å². The fourth-order valence-corrected chi connectivity index (χ4v) is 1.17. The van der Waals surface area contributed by atoms with E-state index in [-0.39, 0.29) is 5.91 Å². The smallest absolute Gasteiger partial charge is 0.236 e. The highest BCUT2D eigenvalue weighted by molar-refractivity contribution is 5.78. The fourth-order valence-electron chi connectivity index (χ4n) is 1.17. The minimum absolute atomic E-state index is 0.127. The lowest BCUT2D eigenvalue weighted by Gasteiger charge is -2.16. The highest BCUT2D eigenvalue weighted by Gasteiger charge is 2.24. The molecule has 3 nitrogen and oxygen atoms in total. The second kappa shape index (κ2) is 4.88. The largest absolute Gasteiger partial charge is 0.344 e. The maximum Gasteiger partial charge on any atom is 0.236 e. The van der Waals surface area contributed by atoms with E-state index in [9.17, 15) is 4.79 Å². The molecule has 1 N–H and O–H groups in total. The molecular weight excluding hydrogens is 164 g/mol. The van der Waals surface area contributed by atoms with Gasteiger partial charge >= 0.3 is 0 Å². The van der Waals surface area contributed by atoms with Crippen LogP contribution in [0.1, 0.15) is 12.8 Å². The van der Waals surface area contributed by atoms with Gasteiger partial charge in [0.1, 0.15) is 0 Å². The monoisotopic (exact) mass is 180 g/mol. The van der Waals surface area contributed by atoms with E-state index in [1.54, 1.807) is 4.90 Å². The Morgan fingerprint density at radius 2 is 2.38 bits per heavy atom. The Balaban J connectivity index is 2.10. The first kappa shape index (κ1) is 10.1. The van der Waals surface area contributed by atoms with Crippen molar-refractivity contribution in [1.29, 1.82) is 0 Å². The first-order valence-corrected chi connectivity index (χ1v) is 4.62. The van der Waals surface area contributed by atoms with Crippen molar-refractivity contribution >= 4 is 5.91 Å². The average Bonchev–Trinajstić information content (AvgIpc) is 2.88. The molecule has 1 aliphatic rings. The van der Waals surface area contributed by atoms with Crippen LogP contribution < -0.4 is 5.32 Å². The van der Waals surface area contributed by atoms with Crippen LogP contribution in [0.25, 0.3) is 0 Å². The van der Waals surface area contributed by atoms with Gasteiger partial charge in [-0.3, -0.25) is 10.1 Å². The zero-order valence-corrected chi connectivity index (χ0v) is 8.05. The van der Waals surface area contributed by atoms with Gasteiger partial charge < -0.3 is 4.90 Å². The van der Waals surface area contributed by atoms with Gasteiger partial charge in [-0.25, -0.2) is 0 Å². The van der Waals surface area contributed by atoms with E-state index < -0.39 is 0 Å². The number of carbonyl (C=O) groups excluding carboxylic acids is 1. The third kappa shape index (κ3) is 3.95. The lowest BCUT2D eigenvalue weighted by molar-refractivity contribution is -0.129. The van der Waals surface area contributed by atoms with Crippen LogP contribution in [0, 0.1) is 18.3 Å². The quantitative estimate of drug-likeness (QED) is 0.480. The summed E-state index contributed by atoms with van der Waals surface area (Å²) in [6, 6.07) is 0. The molecule has 0 aromatic carbocycles. The van der Waals surface area contributed by atoms with E-state index in [0.29, 0.717) is 13.1 Å². The number of rotatable bonds is 5. The van der Waals surface area contributed by atoms with Crippen LogP contribution in [0.15, 0.2) is 0 Å². The van der Waals surface area contributed by atoms with Crippen molar-refractivity contribution in [3.63, 3.8) is 0 Å². The highest BCUT2D eigenvalue weighted by Crippen LogP contribution is 2.29. The van der Waals surface area contributed by atoms with Gasteiger partial charge in [-0.15, -0.1) is 6.42 Å². The predicted octanol–water partition coefficient (Wildman–Crippen LogP) is 0.0776. The Morgan fingerprint density at radius 1 is 1.69 bits per heavy atom. The summed E-state index contributed by atoms with van der Waals surface area (Å²) in [7, 11) is 1.85. The number of terminal acetylenes is 1. The topological polar surface area (TPSA) is 32.3 Å². The normalized spacial score (nSPS) is 15.1. The summed E-state index contributed by atoms with van der Waals surface area (Å²) in [5, 5.41) is 2.88. The number of carbonyl (C=O) groups is 1. The Kier molecular flexibility index (Phi) is 3.78. The number of hydrogen-bond donors (Lipinski definition) is 1. The molecule has 13 heavy (non-hydrogen) atoms. The molecule has 1 fully saturated rings. The molecule has 0 bridgehead atoms. The van der Waals surface area contributed by atoms with E-state index in [0.717, 1.165) is 12.5 Å². The maximum atomic E-state index is 11.4. The Morgan fingerprint density at radius 3 is 2.92 bits per heavy atom. The summed E-state index contributed by atoms with van der Waals surface area (Å²) >= 11 is 0. The molecule has 0 radical (unpaired) electrons. The van der Waals surface area contributed by atoms with E-state index in [2.05, 4.69) is 11.2 Å². The van der Waals surface area contributed by atoms with Crippen LogP contribution in [-0.4, -0.2) is 37.5 Å². The minimum Gasteiger partial charge on any atom is -0.344 e. The molecule has 0 spiro atoms. The molecule has 3 heteroatoms. The molecule has 0 saturated heterocycles. The fraction of sp³-hybridized carbons (Fsp3) is 0.700. The lowest BCUT2D eigenvalue weighted by atomic mass is 10.4. The second-order valence-corrected chi connectivity index (χ2v) is 3.53. The number of amides is 1. The molecular formula is C10H16N2O. The standard InChI is InChI=1S/C10H16N2O/c1-3-6-11-7-10(13)12(2)8-9-4-5-9/h1,9,11H,4-8H2,2H3. The Hall–Kier alpha value is -1.01. The second-order valence-electron chi connectivity index (χ2n) is 3.53. The number of nitrogens with zero attached hydrogens (tertiary/aromatic N) is 1. The number of nitrogens with one attached hydrogen (secondary N) is 1. The van der Waals surface area contributed by atoms with Crippen LogP contribution >= 0.6 is 0 Å². The number of likely N-dealkylation sites (N-methyl/N-ethyl adjacent to an activating group) is 1. The van der Waals surface area contributed by atoms with Crippen LogP contribution in [0.3, 0.4) is 0 Å². The van der Waals surface area contributed by atoms with Crippen LogP contribution in [0.2, 0.25) is 0 Å². The molecule has 0 unspecified atom stereocenters. The van der Waals surface area contributed by atoms with Gasteiger partial charge in [0, 0.05) is 13.6 Å². The zero-order chi connectivity index (χ0) is 9.68. The number of hydrogen-bond acceptors (Lipinski definition) is 2. The van der Waals surface area contributed by atoms with Crippen molar-refractivity contribution in [2.75, 3.05) is 26.7 Å². The molecule has 1 rings (SSSR count). The first-order valence-electron chi connectivity index (χ1n) is 4.62. The van der Waals surface area contributed by atoms with Gasteiger partial charge in [-0.1, -0.05) is 5.92 Å². The van der Waals surface area contributed by atoms with Crippen molar-refractivity contribution < 1.29 is 4.79 Å². The Bertz CT molecular complexity index is 215. The predicted molar refractivity (Wildman–Crippen MR) is 52.1 cm³/mol. The molecule has 0 aromatic heterocycles. The van der Waals surface area contributed by atoms with E-state index in [1.165, 1.54) is 12.8 Å². The van der Waals surface area contributed by atoms with Crippen LogP contribution in [0.4, 0.5) is 0 Å². The van der Waals surface area contributed by atoms with Gasteiger partial charge in [-0.2, -0.15) is 0 Å². The average molecular weight is 180 g/mol. The van der Waals surface area contributed by atoms with E-state index in [4.69, 9.17) is 6.42 Å². The van der Waals surface area contributed by atoms with Crippen molar-refractivity contribution in [2.24, 2.45) is 5.92 Å². The summed E-state index contributed by atoms with van der Waals surface area (Å²) in [4.78, 5) is 13.2. The van der Waals surface area contributed by atoms with Gasteiger partial charge in [-0.05, 0) is 18.8 Å². The van der Waals surface area contributed by atoms with Crippen LogP contribution in [0.5, 0.6) is 0 Å². The van der Waals surface area contributed by atoms with E-state index in [1.807, 2.05) is 7.05 Å².